The van der Waals surface area contributed by atoms with Crippen molar-refractivity contribution in [3.63, 3.8) is 0 Å². The fourth-order valence-corrected chi connectivity index (χ4v) is 3.42. The third-order valence-corrected chi connectivity index (χ3v) is 4.45. The summed E-state index contributed by atoms with van der Waals surface area (Å²) < 4.78 is 0. The average Bonchev–Trinajstić information content (AvgIpc) is 2.89. The van der Waals surface area contributed by atoms with Crippen LogP contribution in [-0.4, -0.2) is 22.2 Å². The Morgan fingerprint density at radius 2 is 1.73 bits per heavy atom. The molecule has 2 aromatic rings. The van der Waals surface area contributed by atoms with Crippen LogP contribution in [0.5, 0.6) is 0 Å². The van der Waals surface area contributed by atoms with Gasteiger partial charge in [-0.2, -0.15) is 0 Å². The highest BCUT2D eigenvalue weighted by Gasteiger charge is 2.29. The predicted octanol–water partition coefficient (Wildman–Crippen LogP) is 3.47. The molecular weight excluding hydrogens is 280 g/mol. The average molecular weight is 296 g/mol. The lowest BCUT2D eigenvalue weighted by Crippen LogP contribution is -2.13. The van der Waals surface area contributed by atoms with Crippen LogP contribution in [-0.2, 0) is 6.42 Å². The largest absolute Gasteiger partial charge is 0.478 e. The molecule has 0 aliphatic heterocycles. The first kappa shape index (κ1) is 14.3. The summed E-state index contributed by atoms with van der Waals surface area (Å²) in [5.41, 5.74) is 3.59. The fourth-order valence-electron chi connectivity index (χ4n) is 3.42. The highest BCUT2D eigenvalue weighted by molar-refractivity contribution is 5.98. The smallest absolute Gasteiger partial charge is 0.336 e. The van der Waals surface area contributed by atoms with Crippen molar-refractivity contribution in [2.45, 2.75) is 25.7 Å². The summed E-state index contributed by atoms with van der Waals surface area (Å²) in [7, 11) is 0. The van der Waals surface area contributed by atoms with E-state index in [1.165, 1.54) is 11.6 Å². The Morgan fingerprint density at radius 1 is 1.00 bits per heavy atom. The predicted molar refractivity (Wildman–Crippen MR) is 81.7 cm³/mol. The number of aryl methyl sites for hydroxylation is 1. The van der Waals surface area contributed by atoms with Crippen molar-refractivity contribution in [2.24, 2.45) is 0 Å². The number of hydrogen-bond acceptors (Lipinski definition) is 2. The van der Waals surface area contributed by atoms with E-state index in [-0.39, 0.29) is 17.0 Å². The van der Waals surface area contributed by atoms with Crippen LogP contribution in [0.3, 0.4) is 0 Å². The summed E-state index contributed by atoms with van der Waals surface area (Å²) in [5, 5.41) is 18.8. The summed E-state index contributed by atoms with van der Waals surface area (Å²) in [6.07, 6.45) is 1.77. The van der Waals surface area contributed by atoms with Gasteiger partial charge in [-0.1, -0.05) is 30.3 Å². The van der Waals surface area contributed by atoms with Gasteiger partial charge in [0.05, 0.1) is 11.1 Å². The van der Waals surface area contributed by atoms with E-state index in [0.717, 1.165) is 18.4 Å². The van der Waals surface area contributed by atoms with E-state index in [1.54, 1.807) is 13.0 Å². The van der Waals surface area contributed by atoms with Gasteiger partial charge in [0.1, 0.15) is 0 Å². The zero-order valence-corrected chi connectivity index (χ0v) is 12.2. The van der Waals surface area contributed by atoms with Crippen LogP contribution >= 0.6 is 0 Å². The fraction of sp³-hybridized carbons (Fsp3) is 0.222. The summed E-state index contributed by atoms with van der Waals surface area (Å²) in [5.74, 6) is -2.15. The third kappa shape index (κ3) is 2.17. The molecule has 2 aromatic carbocycles. The third-order valence-electron chi connectivity index (χ3n) is 4.45. The molecule has 0 heterocycles. The van der Waals surface area contributed by atoms with Crippen LogP contribution in [0, 0.1) is 6.92 Å². The van der Waals surface area contributed by atoms with E-state index < -0.39 is 11.9 Å². The van der Waals surface area contributed by atoms with E-state index in [4.69, 9.17) is 0 Å². The van der Waals surface area contributed by atoms with E-state index >= 15 is 0 Å². The van der Waals surface area contributed by atoms with Crippen LogP contribution in [0.15, 0.2) is 36.4 Å². The minimum Gasteiger partial charge on any atom is -0.478 e. The monoisotopic (exact) mass is 296 g/mol. The Balaban J connectivity index is 2.19. The van der Waals surface area contributed by atoms with E-state index in [0.29, 0.717) is 11.1 Å². The first-order valence-corrected chi connectivity index (χ1v) is 7.18. The van der Waals surface area contributed by atoms with E-state index in [9.17, 15) is 19.8 Å². The maximum absolute atomic E-state index is 11.7. The molecule has 1 aliphatic carbocycles. The van der Waals surface area contributed by atoms with Gasteiger partial charge in [-0.05, 0) is 48.1 Å². The van der Waals surface area contributed by atoms with Gasteiger partial charge in [-0.3, -0.25) is 0 Å². The molecule has 0 bridgehead atoms. The second-order valence-corrected chi connectivity index (χ2v) is 5.60. The summed E-state index contributed by atoms with van der Waals surface area (Å²) in [4.78, 5) is 22.9. The summed E-state index contributed by atoms with van der Waals surface area (Å²) in [6.45, 7) is 1.57. The SMILES string of the molecule is Cc1c(C(=O)O)ccc(C2CCc3ccccc32)c1C(=O)O. The molecule has 0 saturated carbocycles. The van der Waals surface area contributed by atoms with Crippen molar-refractivity contribution in [1.82, 2.24) is 0 Å². The second kappa shape index (κ2) is 5.30. The number of carbonyl (C=O) groups is 2. The van der Waals surface area contributed by atoms with Crippen molar-refractivity contribution < 1.29 is 19.8 Å². The van der Waals surface area contributed by atoms with Crippen LogP contribution in [0.25, 0.3) is 0 Å². The first-order valence-electron chi connectivity index (χ1n) is 7.18. The number of benzene rings is 2. The van der Waals surface area contributed by atoms with Gasteiger partial charge in [0.25, 0.3) is 0 Å². The highest BCUT2D eigenvalue weighted by atomic mass is 16.4. The minimum absolute atomic E-state index is 0.0174. The zero-order chi connectivity index (χ0) is 15.9. The standard InChI is InChI=1S/C18H16O4/c1-10-12(17(19)20)8-9-15(16(10)18(21)22)14-7-6-11-4-2-3-5-13(11)14/h2-5,8-9,14H,6-7H2,1H3,(H,19,20)(H,21,22). The lowest BCUT2D eigenvalue weighted by molar-refractivity contribution is 0.0694. The van der Waals surface area contributed by atoms with E-state index in [2.05, 4.69) is 6.07 Å². The maximum Gasteiger partial charge on any atom is 0.336 e. The number of rotatable bonds is 3. The van der Waals surface area contributed by atoms with E-state index in [1.807, 2.05) is 18.2 Å². The topological polar surface area (TPSA) is 74.6 Å². The van der Waals surface area contributed by atoms with Crippen LogP contribution in [0.4, 0.5) is 0 Å². The Labute approximate surface area is 128 Å². The zero-order valence-electron chi connectivity index (χ0n) is 12.2. The van der Waals surface area contributed by atoms with Crippen molar-refractivity contribution >= 4 is 11.9 Å². The second-order valence-electron chi connectivity index (χ2n) is 5.60. The quantitative estimate of drug-likeness (QED) is 0.909. The molecule has 22 heavy (non-hydrogen) atoms. The minimum atomic E-state index is -1.10. The van der Waals surface area contributed by atoms with Gasteiger partial charge >= 0.3 is 11.9 Å². The molecule has 0 spiro atoms. The van der Waals surface area contributed by atoms with Crippen molar-refractivity contribution in [1.29, 1.82) is 0 Å². The number of hydrogen-bond donors (Lipinski definition) is 2. The normalized spacial score (nSPS) is 16.3. The van der Waals surface area contributed by atoms with Crippen LogP contribution < -0.4 is 0 Å². The van der Waals surface area contributed by atoms with Crippen molar-refractivity contribution in [3.8, 4) is 0 Å². The number of carboxylic acids is 2. The molecule has 1 unspecified atom stereocenters. The summed E-state index contributed by atoms with van der Waals surface area (Å²) >= 11 is 0. The Bertz CT molecular complexity index is 777. The molecule has 3 rings (SSSR count). The summed E-state index contributed by atoms with van der Waals surface area (Å²) in [6, 6.07) is 11.2. The van der Waals surface area contributed by atoms with Gasteiger partial charge in [0.2, 0.25) is 0 Å². The lowest BCUT2D eigenvalue weighted by atomic mass is 9.86. The molecule has 0 radical (unpaired) electrons. The molecule has 0 aromatic heterocycles. The first-order chi connectivity index (χ1) is 10.5. The van der Waals surface area contributed by atoms with Gasteiger partial charge in [-0.15, -0.1) is 0 Å². The van der Waals surface area contributed by atoms with Gasteiger partial charge in [0.15, 0.2) is 0 Å². The molecule has 2 N–H and O–H groups in total. The number of aromatic carboxylic acids is 2. The molecule has 0 saturated heterocycles. The molecule has 1 aliphatic rings. The Hall–Kier alpha value is -2.62. The lowest BCUT2D eigenvalue weighted by Gasteiger charge is -2.18. The van der Waals surface area contributed by atoms with Crippen LogP contribution in [0.2, 0.25) is 0 Å². The van der Waals surface area contributed by atoms with Crippen molar-refractivity contribution in [2.75, 3.05) is 0 Å². The molecule has 112 valence electrons. The Kier molecular flexibility index (Phi) is 3.45. The molecular formula is C18H16O4. The van der Waals surface area contributed by atoms with Gasteiger partial charge < -0.3 is 10.2 Å². The number of carboxylic acid groups (broad SMARTS) is 2. The molecule has 4 heteroatoms. The maximum atomic E-state index is 11.7. The van der Waals surface area contributed by atoms with Crippen molar-refractivity contribution in [3.05, 3.63) is 69.8 Å². The number of fused-ring (bicyclic) bond motifs is 1. The van der Waals surface area contributed by atoms with Crippen LogP contribution in [0.1, 0.15) is 55.3 Å². The van der Waals surface area contributed by atoms with Gasteiger partial charge in [-0.25, -0.2) is 9.59 Å². The van der Waals surface area contributed by atoms with Gasteiger partial charge in [0, 0.05) is 5.92 Å². The molecule has 1 atom stereocenters. The Morgan fingerprint density at radius 3 is 2.41 bits per heavy atom. The molecule has 0 fully saturated rings. The molecule has 4 nitrogen and oxygen atoms in total. The highest BCUT2D eigenvalue weighted by Crippen LogP contribution is 2.40. The molecule has 0 amide bonds.